The second-order valence-corrected chi connectivity index (χ2v) is 4.51. The van der Waals surface area contributed by atoms with Gasteiger partial charge in [-0.05, 0) is 26.0 Å². The summed E-state index contributed by atoms with van der Waals surface area (Å²) in [5.74, 6) is -0.0332. The first-order valence-electron chi connectivity index (χ1n) is 6.43. The SMILES string of the molecule is CCNC(=O)c1cc(N(C)C(C)CC(N)=NO)ccn1. The number of nitrogens with zero attached hydrogens (tertiary/aromatic N) is 3. The van der Waals surface area contributed by atoms with Gasteiger partial charge in [-0.3, -0.25) is 9.78 Å². The van der Waals surface area contributed by atoms with Crippen molar-refractivity contribution in [3.8, 4) is 0 Å². The summed E-state index contributed by atoms with van der Waals surface area (Å²) in [7, 11) is 1.88. The van der Waals surface area contributed by atoms with E-state index in [4.69, 9.17) is 10.9 Å². The van der Waals surface area contributed by atoms with Gasteiger partial charge in [0.05, 0.1) is 0 Å². The second-order valence-electron chi connectivity index (χ2n) is 4.51. The van der Waals surface area contributed by atoms with E-state index in [1.54, 1.807) is 12.3 Å². The number of amides is 1. The number of rotatable bonds is 6. The molecule has 1 heterocycles. The molecule has 0 saturated heterocycles. The van der Waals surface area contributed by atoms with Crippen LogP contribution >= 0.6 is 0 Å². The van der Waals surface area contributed by atoms with Gasteiger partial charge >= 0.3 is 0 Å². The molecule has 110 valence electrons. The van der Waals surface area contributed by atoms with E-state index in [0.29, 0.717) is 18.7 Å². The zero-order chi connectivity index (χ0) is 15.1. The summed E-state index contributed by atoms with van der Waals surface area (Å²) < 4.78 is 0. The molecular weight excluding hydrogens is 258 g/mol. The first-order valence-corrected chi connectivity index (χ1v) is 6.43. The van der Waals surface area contributed by atoms with Crippen molar-refractivity contribution in [3.63, 3.8) is 0 Å². The van der Waals surface area contributed by atoms with E-state index in [-0.39, 0.29) is 17.8 Å². The van der Waals surface area contributed by atoms with E-state index in [0.717, 1.165) is 5.69 Å². The average molecular weight is 279 g/mol. The number of oxime groups is 1. The maximum atomic E-state index is 11.7. The minimum Gasteiger partial charge on any atom is -0.409 e. The average Bonchev–Trinajstić information content (AvgIpc) is 2.46. The molecule has 1 atom stereocenters. The van der Waals surface area contributed by atoms with Crippen molar-refractivity contribution in [1.82, 2.24) is 10.3 Å². The predicted octanol–water partition coefficient (Wildman–Crippen LogP) is 0.792. The van der Waals surface area contributed by atoms with Crippen molar-refractivity contribution >= 4 is 17.4 Å². The Morgan fingerprint density at radius 1 is 1.65 bits per heavy atom. The molecule has 7 nitrogen and oxygen atoms in total. The lowest BCUT2D eigenvalue weighted by molar-refractivity contribution is 0.0951. The Bertz CT molecular complexity index is 489. The highest BCUT2D eigenvalue weighted by Crippen LogP contribution is 2.17. The Hall–Kier alpha value is -2.31. The van der Waals surface area contributed by atoms with Crippen molar-refractivity contribution < 1.29 is 10.0 Å². The van der Waals surface area contributed by atoms with E-state index in [1.165, 1.54) is 0 Å². The molecule has 0 bridgehead atoms. The normalized spacial score (nSPS) is 12.8. The van der Waals surface area contributed by atoms with Gasteiger partial charge in [-0.2, -0.15) is 0 Å². The van der Waals surface area contributed by atoms with Gasteiger partial charge in [-0.1, -0.05) is 5.16 Å². The third-order valence-corrected chi connectivity index (χ3v) is 3.01. The fraction of sp³-hybridized carbons (Fsp3) is 0.462. The summed E-state index contributed by atoms with van der Waals surface area (Å²) in [6, 6.07) is 3.55. The van der Waals surface area contributed by atoms with Crippen LogP contribution < -0.4 is 16.0 Å². The van der Waals surface area contributed by atoms with Gasteiger partial charge in [-0.25, -0.2) is 0 Å². The number of hydrogen-bond donors (Lipinski definition) is 3. The van der Waals surface area contributed by atoms with Crippen LogP contribution in [0.5, 0.6) is 0 Å². The molecule has 0 fully saturated rings. The van der Waals surface area contributed by atoms with Gasteiger partial charge in [0.25, 0.3) is 5.91 Å². The maximum Gasteiger partial charge on any atom is 0.269 e. The maximum absolute atomic E-state index is 11.7. The van der Waals surface area contributed by atoms with Crippen LogP contribution in [0.25, 0.3) is 0 Å². The number of amidine groups is 1. The molecule has 1 rings (SSSR count). The molecule has 20 heavy (non-hydrogen) atoms. The molecule has 0 aromatic carbocycles. The molecule has 1 unspecified atom stereocenters. The van der Waals surface area contributed by atoms with Gasteiger partial charge < -0.3 is 21.2 Å². The van der Waals surface area contributed by atoms with E-state index in [2.05, 4.69) is 15.5 Å². The lowest BCUT2D eigenvalue weighted by atomic mass is 10.1. The van der Waals surface area contributed by atoms with Gasteiger partial charge in [-0.15, -0.1) is 0 Å². The van der Waals surface area contributed by atoms with Crippen molar-refractivity contribution in [2.45, 2.75) is 26.3 Å². The lowest BCUT2D eigenvalue weighted by Gasteiger charge is -2.26. The molecule has 1 amide bonds. The van der Waals surface area contributed by atoms with Crippen molar-refractivity contribution in [1.29, 1.82) is 0 Å². The molecule has 0 saturated carbocycles. The molecule has 1 aromatic rings. The van der Waals surface area contributed by atoms with E-state index >= 15 is 0 Å². The van der Waals surface area contributed by atoms with E-state index in [1.807, 2.05) is 31.9 Å². The second kappa shape index (κ2) is 7.32. The van der Waals surface area contributed by atoms with Crippen LogP contribution in [0.3, 0.4) is 0 Å². The topological polar surface area (TPSA) is 104 Å². The summed E-state index contributed by atoms with van der Waals surface area (Å²) >= 11 is 0. The number of carbonyl (C=O) groups is 1. The Kier molecular flexibility index (Phi) is 5.76. The molecule has 0 spiro atoms. The minimum atomic E-state index is -0.202. The highest BCUT2D eigenvalue weighted by atomic mass is 16.4. The zero-order valence-electron chi connectivity index (χ0n) is 12.0. The summed E-state index contributed by atoms with van der Waals surface area (Å²) in [5, 5.41) is 14.3. The zero-order valence-corrected chi connectivity index (χ0v) is 12.0. The number of anilines is 1. The van der Waals surface area contributed by atoms with E-state index in [9.17, 15) is 4.79 Å². The van der Waals surface area contributed by atoms with Crippen molar-refractivity contribution in [2.24, 2.45) is 10.9 Å². The highest BCUT2D eigenvalue weighted by molar-refractivity contribution is 5.93. The molecule has 0 aliphatic carbocycles. The standard InChI is InChI=1S/C13H21N5O2/c1-4-15-13(19)11-8-10(5-6-16-11)18(3)9(2)7-12(14)17-20/h5-6,8-9,20H,4,7H2,1-3H3,(H2,14,17)(H,15,19). The molecule has 1 aromatic heterocycles. The number of carbonyl (C=O) groups excluding carboxylic acids is 1. The van der Waals surface area contributed by atoms with Crippen LogP contribution in [0, 0.1) is 0 Å². The Balaban J connectivity index is 2.85. The third kappa shape index (κ3) is 4.11. The lowest BCUT2D eigenvalue weighted by Crippen LogP contribution is -2.33. The minimum absolute atomic E-state index is 0.0235. The first-order chi connectivity index (χ1) is 9.49. The Labute approximate surface area is 118 Å². The van der Waals surface area contributed by atoms with Crippen LogP contribution in [0.4, 0.5) is 5.69 Å². The quantitative estimate of drug-likeness (QED) is 0.309. The number of aromatic nitrogens is 1. The van der Waals surface area contributed by atoms with Crippen molar-refractivity contribution in [3.05, 3.63) is 24.0 Å². The van der Waals surface area contributed by atoms with Gasteiger partial charge in [0.15, 0.2) is 0 Å². The molecule has 0 aliphatic heterocycles. The molecule has 4 N–H and O–H groups in total. The predicted molar refractivity (Wildman–Crippen MR) is 78.1 cm³/mol. The number of nitrogens with one attached hydrogen (secondary N) is 1. The third-order valence-electron chi connectivity index (χ3n) is 3.01. The summed E-state index contributed by atoms with van der Waals surface area (Å²) in [5.41, 5.74) is 6.72. The highest BCUT2D eigenvalue weighted by Gasteiger charge is 2.14. The van der Waals surface area contributed by atoms with Gasteiger partial charge in [0, 0.05) is 37.9 Å². The van der Waals surface area contributed by atoms with Gasteiger partial charge in [0.2, 0.25) is 0 Å². The van der Waals surface area contributed by atoms with Crippen LogP contribution in [-0.2, 0) is 0 Å². The summed E-state index contributed by atoms with van der Waals surface area (Å²) in [6.45, 7) is 4.36. The number of pyridine rings is 1. The molecule has 7 heteroatoms. The fourth-order valence-electron chi connectivity index (χ4n) is 1.75. The summed E-state index contributed by atoms with van der Waals surface area (Å²) in [4.78, 5) is 17.7. The molecular formula is C13H21N5O2. The van der Waals surface area contributed by atoms with E-state index < -0.39 is 0 Å². The molecule has 0 radical (unpaired) electrons. The number of hydrogen-bond acceptors (Lipinski definition) is 5. The first kappa shape index (κ1) is 15.7. The fourth-order valence-corrected chi connectivity index (χ4v) is 1.75. The largest absolute Gasteiger partial charge is 0.409 e. The Morgan fingerprint density at radius 3 is 2.95 bits per heavy atom. The van der Waals surface area contributed by atoms with Crippen LogP contribution in [0.1, 0.15) is 30.8 Å². The van der Waals surface area contributed by atoms with Crippen molar-refractivity contribution in [2.75, 3.05) is 18.5 Å². The smallest absolute Gasteiger partial charge is 0.269 e. The van der Waals surface area contributed by atoms with Crippen LogP contribution in [-0.4, -0.2) is 41.6 Å². The summed E-state index contributed by atoms with van der Waals surface area (Å²) in [6.07, 6.45) is 2.01. The Morgan fingerprint density at radius 2 is 2.35 bits per heavy atom. The number of nitrogens with two attached hydrogens (primary N) is 1. The van der Waals surface area contributed by atoms with Crippen LogP contribution in [0.2, 0.25) is 0 Å². The molecule has 0 aliphatic rings. The van der Waals surface area contributed by atoms with Gasteiger partial charge in [0.1, 0.15) is 11.5 Å². The monoisotopic (exact) mass is 279 g/mol. The van der Waals surface area contributed by atoms with Crippen LogP contribution in [0.15, 0.2) is 23.5 Å².